The molecule has 2 N–H and O–H groups in total. The van der Waals surface area contributed by atoms with Crippen molar-refractivity contribution < 1.29 is 24.1 Å². The molecule has 0 aliphatic carbocycles. The molecular formula is C31H31NO6. The second-order valence-electron chi connectivity index (χ2n) is 8.95. The maximum Gasteiger partial charge on any atom is 0.341 e. The predicted molar refractivity (Wildman–Crippen MR) is 146 cm³/mol. The van der Waals surface area contributed by atoms with Crippen molar-refractivity contribution in [2.75, 3.05) is 20.8 Å². The number of H-pyrrole nitrogens is 1. The molecule has 4 aromatic rings. The van der Waals surface area contributed by atoms with E-state index in [0.717, 1.165) is 46.6 Å². The first-order chi connectivity index (χ1) is 18.5. The van der Waals surface area contributed by atoms with Crippen LogP contribution >= 0.6 is 0 Å². The molecule has 0 aliphatic rings. The van der Waals surface area contributed by atoms with Crippen LogP contribution in [0.15, 0.2) is 89.9 Å². The molecule has 0 unspecified atom stereocenters. The first kappa shape index (κ1) is 26.5. The first-order valence-corrected chi connectivity index (χ1v) is 12.4. The van der Waals surface area contributed by atoms with Gasteiger partial charge in [-0.25, -0.2) is 4.79 Å². The van der Waals surface area contributed by atoms with Crippen molar-refractivity contribution in [1.82, 2.24) is 4.98 Å². The number of carboxylic acids is 1. The molecule has 0 atom stereocenters. The lowest BCUT2D eigenvalue weighted by Crippen LogP contribution is -2.15. The number of carboxylic acid groups (broad SMARTS) is 1. The summed E-state index contributed by atoms with van der Waals surface area (Å²) in [6.45, 7) is -0.380. The van der Waals surface area contributed by atoms with Crippen molar-refractivity contribution in [2.24, 2.45) is 0 Å². The van der Waals surface area contributed by atoms with Gasteiger partial charge in [-0.3, -0.25) is 4.79 Å². The lowest BCUT2D eigenvalue weighted by Gasteiger charge is -2.20. The topological polar surface area (TPSA) is 97.9 Å². The van der Waals surface area contributed by atoms with Crippen LogP contribution in [0.3, 0.4) is 0 Å². The highest BCUT2D eigenvalue weighted by atomic mass is 16.5. The Balaban J connectivity index is 1.56. The lowest BCUT2D eigenvalue weighted by atomic mass is 9.85. The molecule has 3 aromatic carbocycles. The Morgan fingerprint density at radius 1 is 0.816 bits per heavy atom. The number of hydrogen-bond acceptors (Lipinski definition) is 5. The van der Waals surface area contributed by atoms with Gasteiger partial charge in [0, 0.05) is 17.7 Å². The second kappa shape index (κ2) is 12.6. The Morgan fingerprint density at radius 3 is 2.03 bits per heavy atom. The zero-order valence-corrected chi connectivity index (χ0v) is 21.5. The van der Waals surface area contributed by atoms with E-state index in [1.54, 1.807) is 26.5 Å². The van der Waals surface area contributed by atoms with E-state index in [1.165, 1.54) is 0 Å². The monoisotopic (exact) mass is 513 g/mol. The Bertz CT molecular complexity index is 1360. The minimum absolute atomic E-state index is 0.0922. The van der Waals surface area contributed by atoms with Crippen LogP contribution in [0.1, 0.15) is 40.2 Å². The molecule has 1 heterocycles. The minimum atomic E-state index is -1.02. The summed E-state index contributed by atoms with van der Waals surface area (Å²) in [5, 5.41) is 8.82. The van der Waals surface area contributed by atoms with E-state index in [0.29, 0.717) is 17.7 Å². The van der Waals surface area contributed by atoms with E-state index in [-0.39, 0.29) is 18.1 Å². The molecule has 0 aliphatic heterocycles. The smallest absolute Gasteiger partial charge is 0.341 e. The Hall–Kier alpha value is -4.52. The highest BCUT2D eigenvalue weighted by Crippen LogP contribution is 2.33. The van der Waals surface area contributed by atoms with Gasteiger partial charge in [-0.2, -0.15) is 0 Å². The van der Waals surface area contributed by atoms with E-state index in [2.05, 4.69) is 4.98 Å². The highest BCUT2D eigenvalue weighted by Gasteiger charge is 2.19. The van der Waals surface area contributed by atoms with Gasteiger partial charge in [0.2, 0.25) is 0 Å². The van der Waals surface area contributed by atoms with Crippen molar-refractivity contribution in [3.8, 4) is 17.2 Å². The van der Waals surface area contributed by atoms with Gasteiger partial charge in [-0.15, -0.1) is 0 Å². The Labute approximate surface area is 221 Å². The number of carbonyl (C=O) groups is 1. The predicted octanol–water partition coefficient (Wildman–Crippen LogP) is 5.21. The molecule has 0 fully saturated rings. The molecule has 0 amide bonds. The number of aromatic amines is 1. The van der Waals surface area contributed by atoms with Crippen LogP contribution in [0.25, 0.3) is 0 Å². The van der Waals surface area contributed by atoms with Crippen LogP contribution in [-0.4, -0.2) is 36.9 Å². The first-order valence-electron chi connectivity index (χ1n) is 12.4. The summed E-state index contributed by atoms with van der Waals surface area (Å²) < 4.78 is 16.0. The third-order valence-electron chi connectivity index (χ3n) is 6.41. The molecule has 0 spiro atoms. The Kier molecular flexibility index (Phi) is 8.82. The van der Waals surface area contributed by atoms with Gasteiger partial charge in [0.05, 0.1) is 14.2 Å². The average molecular weight is 514 g/mol. The number of ether oxygens (including phenoxy) is 3. The summed E-state index contributed by atoms with van der Waals surface area (Å²) in [4.78, 5) is 26.4. The van der Waals surface area contributed by atoms with E-state index in [1.807, 2.05) is 72.8 Å². The normalized spacial score (nSPS) is 10.8. The molecule has 7 nitrogen and oxygen atoms in total. The molecule has 7 heteroatoms. The zero-order valence-electron chi connectivity index (χ0n) is 21.5. The number of hydrogen-bond donors (Lipinski definition) is 2. The van der Waals surface area contributed by atoms with Crippen LogP contribution in [0.2, 0.25) is 0 Å². The van der Waals surface area contributed by atoms with Crippen LogP contribution in [0, 0.1) is 0 Å². The zero-order chi connectivity index (χ0) is 26.9. The summed E-state index contributed by atoms with van der Waals surface area (Å²) in [5.74, 6) is 0.970. The molecule has 0 bridgehead atoms. The van der Waals surface area contributed by atoms with Crippen LogP contribution in [0.5, 0.6) is 17.2 Å². The van der Waals surface area contributed by atoms with Gasteiger partial charge in [0.15, 0.2) is 6.61 Å². The maximum absolute atomic E-state index is 12.7. The van der Waals surface area contributed by atoms with Crippen molar-refractivity contribution in [1.29, 1.82) is 0 Å². The molecule has 1 aromatic heterocycles. The largest absolute Gasteiger partial charge is 0.497 e. The fraction of sp³-hybridized carbons (Fsp3) is 0.226. The van der Waals surface area contributed by atoms with E-state index in [9.17, 15) is 9.59 Å². The van der Waals surface area contributed by atoms with Gasteiger partial charge < -0.3 is 24.3 Å². The molecule has 38 heavy (non-hydrogen) atoms. The summed E-state index contributed by atoms with van der Waals surface area (Å²) in [6.07, 6.45) is 3.87. The SMILES string of the molecule is COc1ccc(C(c2ccc(OC)cc2)c2c[nH]c(=O)c(CCCc3cccc(OCC(=O)O)c3)c2)cc1. The van der Waals surface area contributed by atoms with Crippen molar-refractivity contribution >= 4 is 5.97 Å². The number of aryl methyl sites for hydroxylation is 2. The summed E-state index contributed by atoms with van der Waals surface area (Å²) in [7, 11) is 3.28. The molecule has 196 valence electrons. The molecule has 4 rings (SSSR count). The average Bonchev–Trinajstić information content (AvgIpc) is 2.94. The van der Waals surface area contributed by atoms with E-state index in [4.69, 9.17) is 19.3 Å². The van der Waals surface area contributed by atoms with Crippen LogP contribution in [0.4, 0.5) is 0 Å². The fourth-order valence-corrected chi connectivity index (χ4v) is 4.49. The molecular weight excluding hydrogens is 482 g/mol. The second-order valence-corrected chi connectivity index (χ2v) is 8.95. The van der Waals surface area contributed by atoms with Gasteiger partial charge in [-0.1, -0.05) is 36.4 Å². The number of nitrogens with one attached hydrogen (secondary N) is 1. The number of rotatable bonds is 12. The third-order valence-corrected chi connectivity index (χ3v) is 6.41. The molecule has 0 saturated heterocycles. The standard InChI is InChI=1S/C31H31NO6/c1-36-26-13-9-22(10-14-26)30(23-11-15-27(37-2)16-12-23)25-18-24(31(35)32-19-25)7-3-5-21-6-4-8-28(17-21)38-20-29(33)34/h4,6,8-19,30H,3,5,7,20H2,1-2H3,(H,32,35)(H,33,34). The van der Waals surface area contributed by atoms with Crippen molar-refractivity contribution in [3.05, 3.63) is 123 Å². The van der Waals surface area contributed by atoms with Crippen LogP contribution in [-0.2, 0) is 17.6 Å². The van der Waals surface area contributed by atoms with Crippen molar-refractivity contribution in [2.45, 2.75) is 25.2 Å². The summed E-state index contributed by atoms with van der Waals surface area (Å²) >= 11 is 0. The minimum Gasteiger partial charge on any atom is -0.497 e. The number of aliphatic carboxylic acids is 1. The summed E-state index contributed by atoms with van der Waals surface area (Å²) in [6, 6.07) is 25.3. The molecule has 0 saturated carbocycles. The lowest BCUT2D eigenvalue weighted by molar-refractivity contribution is -0.139. The number of pyridine rings is 1. The van der Waals surface area contributed by atoms with E-state index >= 15 is 0 Å². The number of aromatic nitrogens is 1. The molecule has 0 radical (unpaired) electrons. The third kappa shape index (κ3) is 6.82. The number of methoxy groups -OCH3 is 2. The van der Waals surface area contributed by atoms with Crippen LogP contribution < -0.4 is 19.8 Å². The van der Waals surface area contributed by atoms with E-state index < -0.39 is 5.97 Å². The van der Waals surface area contributed by atoms with Gasteiger partial charge in [-0.05, 0) is 84.0 Å². The van der Waals surface area contributed by atoms with Gasteiger partial charge in [0.25, 0.3) is 5.56 Å². The highest BCUT2D eigenvalue weighted by molar-refractivity contribution is 5.68. The van der Waals surface area contributed by atoms with Crippen molar-refractivity contribution in [3.63, 3.8) is 0 Å². The number of benzene rings is 3. The maximum atomic E-state index is 12.7. The Morgan fingerprint density at radius 2 is 1.45 bits per heavy atom. The van der Waals surface area contributed by atoms with Gasteiger partial charge in [0.1, 0.15) is 17.2 Å². The quantitative estimate of drug-likeness (QED) is 0.270. The summed E-state index contributed by atoms with van der Waals surface area (Å²) in [5.41, 5.74) is 4.77. The van der Waals surface area contributed by atoms with Gasteiger partial charge >= 0.3 is 5.97 Å². The fourth-order valence-electron chi connectivity index (χ4n) is 4.49.